The van der Waals surface area contributed by atoms with Crippen LogP contribution in [0.3, 0.4) is 0 Å². The zero-order chi connectivity index (χ0) is 33.9. The van der Waals surface area contributed by atoms with Crippen LogP contribution in [0, 0.1) is 0 Å². The van der Waals surface area contributed by atoms with Gasteiger partial charge in [0, 0.05) is 32.9 Å². The molecule has 0 saturated heterocycles. The van der Waals surface area contributed by atoms with E-state index >= 15 is 0 Å². The van der Waals surface area contributed by atoms with Gasteiger partial charge in [0.05, 0.1) is 11.4 Å². The molecule has 0 fully saturated rings. The van der Waals surface area contributed by atoms with Crippen molar-refractivity contribution in [2.24, 2.45) is 0 Å². The molecule has 1 unspecified atom stereocenters. The van der Waals surface area contributed by atoms with Gasteiger partial charge in [-0.05, 0) is 70.1 Å². The molecule has 3 heteroatoms. The van der Waals surface area contributed by atoms with E-state index in [4.69, 9.17) is 14.4 Å². The largest absolute Gasteiger partial charge is 0.456 e. The molecule has 240 valence electrons. The smallest absolute Gasteiger partial charge is 0.160 e. The van der Waals surface area contributed by atoms with E-state index in [2.05, 4.69) is 146 Å². The van der Waals surface area contributed by atoms with Crippen LogP contribution in [0.25, 0.3) is 78.1 Å². The van der Waals surface area contributed by atoms with Crippen molar-refractivity contribution in [2.45, 2.75) is 12.3 Å². The highest BCUT2D eigenvalue weighted by atomic mass is 16.3. The van der Waals surface area contributed by atoms with Gasteiger partial charge in [0.15, 0.2) is 5.82 Å². The van der Waals surface area contributed by atoms with Crippen molar-refractivity contribution in [1.82, 2.24) is 9.97 Å². The average Bonchev–Trinajstić information content (AvgIpc) is 3.72. The van der Waals surface area contributed by atoms with Gasteiger partial charge in [0.1, 0.15) is 11.2 Å². The molecule has 2 heterocycles. The first kappa shape index (κ1) is 29.3. The van der Waals surface area contributed by atoms with Crippen molar-refractivity contribution >= 4 is 21.9 Å². The van der Waals surface area contributed by atoms with Gasteiger partial charge in [-0.3, -0.25) is 0 Å². The quantitative estimate of drug-likeness (QED) is 0.186. The van der Waals surface area contributed by atoms with Crippen LogP contribution in [0.15, 0.2) is 180 Å². The summed E-state index contributed by atoms with van der Waals surface area (Å²) < 4.78 is 6.24. The summed E-state index contributed by atoms with van der Waals surface area (Å²) in [7, 11) is 0. The van der Waals surface area contributed by atoms with Crippen LogP contribution < -0.4 is 0 Å². The summed E-state index contributed by atoms with van der Waals surface area (Å²) in [5, 5.41) is 2.24. The topological polar surface area (TPSA) is 38.9 Å². The van der Waals surface area contributed by atoms with E-state index < -0.39 is 0 Å². The molecule has 1 aliphatic carbocycles. The number of para-hydroxylation sites is 1. The third-order valence-electron chi connectivity index (χ3n) is 10.6. The second-order valence-electron chi connectivity index (χ2n) is 13.5. The lowest BCUT2D eigenvalue weighted by molar-refractivity contribution is 0.669. The Morgan fingerprint density at radius 3 is 1.94 bits per heavy atom. The fourth-order valence-electron chi connectivity index (χ4n) is 8.15. The molecule has 10 rings (SSSR count). The molecule has 1 aliphatic rings. The summed E-state index contributed by atoms with van der Waals surface area (Å²) in [6.07, 6.45) is 0. The highest BCUT2D eigenvalue weighted by Gasteiger charge is 2.41. The lowest BCUT2D eigenvalue weighted by atomic mass is 9.74. The van der Waals surface area contributed by atoms with Crippen LogP contribution in [0.5, 0.6) is 0 Å². The van der Waals surface area contributed by atoms with Crippen molar-refractivity contribution in [3.05, 3.63) is 193 Å². The first-order valence-corrected chi connectivity index (χ1v) is 17.4. The van der Waals surface area contributed by atoms with Gasteiger partial charge in [-0.15, -0.1) is 0 Å². The van der Waals surface area contributed by atoms with Gasteiger partial charge in [-0.25, -0.2) is 9.97 Å². The van der Waals surface area contributed by atoms with Crippen LogP contribution in [-0.4, -0.2) is 9.97 Å². The molecular formula is C48H32N2O. The average molecular weight is 653 g/mol. The zero-order valence-electron chi connectivity index (χ0n) is 28.0. The molecule has 0 radical (unpaired) electrons. The van der Waals surface area contributed by atoms with E-state index in [9.17, 15) is 0 Å². The molecule has 0 bridgehead atoms. The van der Waals surface area contributed by atoms with Crippen molar-refractivity contribution in [1.29, 1.82) is 0 Å². The Kier molecular flexibility index (Phi) is 6.62. The molecule has 0 saturated carbocycles. The van der Waals surface area contributed by atoms with Crippen molar-refractivity contribution < 1.29 is 4.42 Å². The summed E-state index contributed by atoms with van der Waals surface area (Å²) in [5.41, 5.74) is 15.0. The van der Waals surface area contributed by atoms with Crippen molar-refractivity contribution in [2.75, 3.05) is 0 Å². The van der Waals surface area contributed by atoms with Crippen molar-refractivity contribution in [3.8, 4) is 56.2 Å². The Hall–Kier alpha value is -6.58. The molecule has 7 aromatic carbocycles. The molecule has 51 heavy (non-hydrogen) atoms. The Morgan fingerprint density at radius 1 is 0.451 bits per heavy atom. The third-order valence-corrected chi connectivity index (χ3v) is 10.6. The Bertz CT molecular complexity index is 2760. The van der Waals surface area contributed by atoms with Crippen LogP contribution in [0.1, 0.15) is 23.6 Å². The van der Waals surface area contributed by atoms with E-state index in [1.807, 2.05) is 36.4 Å². The van der Waals surface area contributed by atoms with Gasteiger partial charge in [0.2, 0.25) is 0 Å². The summed E-state index contributed by atoms with van der Waals surface area (Å²) in [4.78, 5) is 10.5. The van der Waals surface area contributed by atoms with Crippen LogP contribution in [-0.2, 0) is 5.41 Å². The molecule has 0 amide bonds. The predicted octanol–water partition coefficient (Wildman–Crippen LogP) is 12.4. The summed E-state index contributed by atoms with van der Waals surface area (Å²) in [6.45, 7) is 2.35. The first-order chi connectivity index (χ1) is 25.2. The number of hydrogen-bond donors (Lipinski definition) is 0. The van der Waals surface area contributed by atoms with Crippen molar-refractivity contribution in [3.63, 3.8) is 0 Å². The maximum Gasteiger partial charge on any atom is 0.160 e. The molecule has 1 atom stereocenters. The van der Waals surface area contributed by atoms with Crippen LogP contribution in [0.4, 0.5) is 0 Å². The summed E-state index contributed by atoms with van der Waals surface area (Å²) in [5.74, 6) is 0.700. The molecule has 0 N–H and O–H groups in total. The fraction of sp³-hybridized carbons (Fsp3) is 0.0417. The molecule has 0 spiro atoms. The maximum absolute atomic E-state index is 6.24. The number of aromatic nitrogens is 2. The monoisotopic (exact) mass is 652 g/mol. The minimum absolute atomic E-state index is 0.298. The third kappa shape index (κ3) is 4.59. The van der Waals surface area contributed by atoms with E-state index in [1.54, 1.807) is 0 Å². The van der Waals surface area contributed by atoms with Crippen LogP contribution in [0.2, 0.25) is 0 Å². The lowest BCUT2D eigenvalue weighted by Gasteiger charge is -2.28. The van der Waals surface area contributed by atoms with E-state index in [1.165, 1.54) is 27.8 Å². The second kappa shape index (κ2) is 11.5. The second-order valence-corrected chi connectivity index (χ2v) is 13.5. The minimum Gasteiger partial charge on any atom is -0.456 e. The van der Waals surface area contributed by atoms with Gasteiger partial charge in [0.25, 0.3) is 0 Å². The lowest BCUT2D eigenvalue weighted by Crippen LogP contribution is -2.22. The van der Waals surface area contributed by atoms with Gasteiger partial charge in [-0.2, -0.15) is 0 Å². The number of fused-ring (bicyclic) bond motifs is 6. The Labute approximate surface area is 296 Å². The molecule has 0 aliphatic heterocycles. The fourth-order valence-corrected chi connectivity index (χ4v) is 8.15. The predicted molar refractivity (Wildman–Crippen MR) is 208 cm³/mol. The van der Waals surface area contributed by atoms with Crippen LogP contribution >= 0.6 is 0 Å². The first-order valence-electron chi connectivity index (χ1n) is 17.4. The standard InChI is InChI=1S/C48H32N2O/c1-48(34-19-6-3-7-20-34)39-25-10-8-21-36(39)45-37(24-13-26-40(45)48)42-30-41(49-47(50-42)31-15-4-2-5-16-31)33-18-12-17-32(29-33)35-23-14-28-44-46(35)38-22-9-11-27-43(38)51-44/h2-30H,1H3. The summed E-state index contributed by atoms with van der Waals surface area (Å²) >= 11 is 0. The number of furan rings is 1. The van der Waals surface area contributed by atoms with E-state index in [0.717, 1.165) is 61.1 Å². The number of hydrogen-bond acceptors (Lipinski definition) is 3. The van der Waals surface area contributed by atoms with Gasteiger partial charge >= 0.3 is 0 Å². The summed E-state index contributed by atoms with van der Waals surface area (Å²) in [6, 6.07) is 62.1. The van der Waals surface area contributed by atoms with Gasteiger partial charge in [-0.1, -0.05) is 152 Å². The normalized spacial score (nSPS) is 14.8. The molecular weight excluding hydrogens is 621 g/mol. The van der Waals surface area contributed by atoms with Gasteiger partial charge < -0.3 is 4.42 Å². The van der Waals surface area contributed by atoms with E-state index in [-0.39, 0.29) is 5.41 Å². The van der Waals surface area contributed by atoms with E-state index in [0.29, 0.717) is 5.82 Å². The maximum atomic E-state index is 6.24. The number of nitrogens with zero attached hydrogens (tertiary/aromatic N) is 2. The Balaban J connectivity index is 1.19. The molecule has 3 nitrogen and oxygen atoms in total. The number of rotatable bonds is 5. The molecule has 2 aromatic heterocycles. The minimum atomic E-state index is -0.298. The Morgan fingerprint density at radius 2 is 1.06 bits per heavy atom. The highest BCUT2D eigenvalue weighted by molar-refractivity contribution is 6.12. The zero-order valence-corrected chi connectivity index (χ0v) is 28.0. The molecule has 9 aromatic rings. The SMILES string of the molecule is CC1(c2ccccc2)c2ccccc2-c2c(-c3cc(-c4cccc(-c5cccc6oc7ccccc7c56)c4)nc(-c4ccccc4)n3)cccc21. The highest BCUT2D eigenvalue weighted by Crippen LogP contribution is 2.55. The number of benzene rings is 7.